The van der Waals surface area contributed by atoms with Crippen molar-refractivity contribution in [1.29, 1.82) is 0 Å². The minimum Gasteiger partial charge on any atom is -0.352 e. The first-order valence-corrected chi connectivity index (χ1v) is 10.4. The molecule has 0 saturated heterocycles. The molecular formula is C23H24FN5O2. The zero-order chi connectivity index (χ0) is 21.8. The molecule has 31 heavy (non-hydrogen) atoms. The van der Waals surface area contributed by atoms with Crippen LogP contribution in [-0.4, -0.2) is 39.4 Å². The summed E-state index contributed by atoms with van der Waals surface area (Å²) < 4.78 is 14.8. The standard InChI is InChI=1S/C23H24FN5O2/c1-2-25-22(30)16-6-12-19(13-7-16)29-20(14-5-15-3-8-17(24)9-4-15)21(27-28-29)23(31)26-18-10-11-18/h3-4,6-9,12-13,18H,2,5,10-11,14H2,1H3,(H,25,30)(H,26,31). The lowest BCUT2D eigenvalue weighted by Gasteiger charge is -2.10. The average Bonchev–Trinajstić information content (AvgIpc) is 3.49. The second-order valence-corrected chi connectivity index (χ2v) is 7.58. The van der Waals surface area contributed by atoms with Crippen molar-refractivity contribution in [3.05, 3.63) is 76.9 Å². The number of aryl methyl sites for hydroxylation is 1. The summed E-state index contributed by atoms with van der Waals surface area (Å²) in [7, 11) is 0. The third-order valence-corrected chi connectivity index (χ3v) is 5.17. The van der Waals surface area contributed by atoms with Crippen LogP contribution in [0.15, 0.2) is 48.5 Å². The Morgan fingerprint density at radius 3 is 2.39 bits per heavy atom. The molecule has 4 rings (SSSR count). The van der Waals surface area contributed by atoms with Gasteiger partial charge in [-0.15, -0.1) is 5.10 Å². The number of hydrogen-bond donors (Lipinski definition) is 2. The number of amides is 2. The highest BCUT2D eigenvalue weighted by atomic mass is 19.1. The van der Waals surface area contributed by atoms with Gasteiger partial charge in [-0.25, -0.2) is 9.07 Å². The maximum absolute atomic E-state index is 13.2. The van der Waals surface area contributed by atoms with Crippen molar-refractivity contribution in [2.75, 3.05) is 6.54 Å². The number of nitrogens with zero attached hydrogens (tertiary/aromatic N) is 3. The van der Waals surface area contributed by atoms with Crippen molar-refractivity contribution in [2.24, 2.45) is 0 Å². The Balaban J connectivity index is 1.61. The Morgan fingerprint density at radius 2 is 1.74 bits per heavy atom. The molecule has 0 aliphatic heterocycles. The van der Waals surface area contributed by atoms with Gasteiger partial charge in [0.2, 0.25) is 0 Å². The fourth-order valence-corrected chi connectivity index (χ4v) is 3.32. The summed E-state index contributed by atoms with van der Waals surface area (Å²) in [6, 6.07) is 13.5. The van der Waals surface area contributed by atoms with E-state index in [-0.39, 0.29) is 23.7 Å². The quantitative estimate of drug-likeness (QED) is 0.585. The Morgan fingerprint density at radius 1 is 1.03 bits per heavy atom. The largest absolute Gasteiger partial charge is 0.352 e. The van der Waals surface area contributed by atoms with E-state index in [1.165, 1.54) is 12.1 Å². The molecule has 1 aromatic heterocycles. The summed E-state index contributed by atoms with van der Waals surface area (Å²) in [6.07, 6.45) is 3.07. The number of nitrogens with one attached hydrogen (secondary N) is 2. The van der Waals surface area contributed by atoms with Crippen LogP contribution in [-0.2, 0) is 12.8 Å². The van der Waals surface area contributed by atoms with Gasteiger partial charge in [-0.05, 0) is 74.6 Å². The summed E-state index contributed by atoms with van der Waals surface area (Å²) in [5, 5.41) is 14.1. The Hall–Kier alpha value is -3.55. The first-order chi connectivity index (χ1) is 15.0. The molecule has 0 unspecified atom stereocenters. The summed E-state index contributed by atoms with van der Waals surface area (Å²) in [5.74, 6) is -0.664. The summed E-state index contributed by atoms with van der Waals surface area (Å²) >= 11 is 0. The second kappa shape index (κ2) is 9.07. The van der Waals surface area contributed by atoms with E-state index in [0.29, 0.717) is 42.0 Å². The normalized spacial score (nSPS) is 13.1. The van der Waals surface area contributed by atoms with Gasteiger partial charge in [-0.3, -0.25) is 9.59 Å². The number of benzene rings is 2. The van der Waals surface area contributed by atoms with Crippen LogP contribution in [0.2, 0.25) is 0 Å². The number of hydrogen-bond acceptors (Lipinski definition) is 4. The lowest BCUT2D eigenvalue weighted by molar-refractivity contribution is 0.0940. The van der Waals surface area contributed by atoms with Crippen LogP contribution in [0.1, 0.15) is 51.9 Å². The molecule has 160 valence electrons. The molecule has 8 heteroatoms. The van der Waals surface area contributed by atoms with E-state index in [9.17, 15) is 14.0 Å². The molecule has 1 aliphatic carbocycles. The predicted octanol–water partition coefficient (Wildman–Crippen LogP) is 2.83. The number of halogens is 1. The van der Waals surface area contributed by atoms with Crippen LogP contribution >= 0.6 is 0 Å². The molecule has 2 aromatic carbocycles. The second-order valence-electron chi connectivity index (χ2n) is 7.58. The maximum Gasteiger partial charge on any atom is 0.273 e. The van der Waals surface area contributed by atoms with Crippen molar-refractivity contribution >= 4 is 11.8 Å². The smallest absolute Gasteiger partial charge is 0.273 e. The van der Waals surface area contributed by atoms with E-state index in [2.05, 4.69) is 20.9 Å². The van der Waals surface area contributed by atoms with Gasteiger partial charge in [0.25, 0.3) is 11.8 Å². The molecule has 0 bridgehead atoms. The number of carbonyl (C=O) groups excluding carboxylic acids is 2. The molecule has 7 nitrogen and oxygen atoms in total. The van der Waals surface area contributed by atoms with Gasteiger partial charge >= 0.3 is 0 Å². The first-order valence-electron chi connectivity index (χ1n) is 10.4. The number of aromatic nitrogens is 3. The van der Waals surface area contributed by atoms with Gasteiger partial charge in [0.1, 0.15) is 5.82 Å². The van der Waals surface area contributed by atoms with Gasteiger partial charge < -0.3 is 10.6 Å². The monoisotopic (exact) mass is 421 g/mol. The fourth-order valence-electron chi connectivity index (χ4n) is 3.32. The van der Waals surface area contributed by atoms with Crippen LogP contribution in [0.5, 0.6) is 0 Å². The summed E-state index contributed by atoms with van der Waals surface area (Å²) in [5.41, 5.74) is 3.18. The van der Waals surface area contributed by atoms with Crippen molar-refractivity contribution in [2.45, 2.75) is 38.6 Å². The molecule has 0 atom stereocenters. The number of rotatable bonds is 8. The fraction of sp³-hybridized carbons (Fsp3) is 0.304. The average molecular weight is 421 g/mol. The minimum absolute atomic E-state index is 0.145. The van der Waals surface area contributed by atoms with E-state index in [1.807, 2.05) is 6.92 Å². The van der Waals surface area contributed by atoms with Crippen molar-refractivity contribution in [1.82, 2.24) is 25.6 Å². The summed E-state index contributed by atoms with van der Waals surface area (Å²) in [4.78, 5) is 24.7. The topological polar surface area (TPSA) is 88.9 Å². The van der Waals surface area contributed by atoms with Crippen LogP contribution < -0.4 is 10.6 Å². The van der Waals surface area contributed by atoms with Crippen LogP contribution in [0.25, 0.3) is 5.69 Å². The zero-order valence-corrected chi connectivity index (χ0v) is 17.3. The lowest BCUT2D eigenvalue weighted by Crippen LogP contribution is -2.27. The molecule has 1 heterocycles. The van der Waals surface area contributed by atoms with Crippen molar-refractivity contribution in [3.63, 3.8) is 0 Å². The van der Waals surface area contributed by atoms with E-state index >= 15 is 0 Å². The van der Waals surface area contributed by atoms with E-state index in [0.717, 1.165) is 18.4 Å². The molecule has 0 radical (unpaired) electrons. The Labute approximate surface area is 179 Å². The Bertz CT molecular complexity index is 1070. The highest BCUT2D eigenvalue weighted by Gasteiger charge is 2.27. The highest BCUT2D eigenvalue weighted by molar-refractivity contribution is 5.94. The van der Waals surface area contributed by atoms with Gasteiger partial charge in [0.15, 0.2) is 5.69 Å². The van der Waals surface area contributed by atoms with E-state index in [4.69, 9.17) is 0 Å². The molecule has 2 N–H and O–H groups in total. The third-order valence-electron chi connectivity index (χ3n) is 5.17. The molecular weight excluding hydrogens is 397 g/mol. The minimum atomic E-state index is -0.285. The van der Waals surface area contributed by atoms with E-state index < -0.39 is 0 Å². The molecule has 2 amide bonds. The zero-order valence-electron chi connectivity index (χ0n) is 17.3. The van der Waals surface area contributed by atoms with Crippen LogP contribution in [0.3, 0.4) is 0 Å². The Kier molecular flexibility index (Phi) is 6.06. The van der Waals surface area contributed by atoms with Gasteiger partial charge in [-0.2, -0.15) is 0 Å². The van der Waals surface area contributed by atoms with Crippen LogP contribution in [0.4, 0.5) is 4.39 Å². The molecule has 1 saturated carbocycles. The molecule has 0 spiro atoms. The van der Waals surface area contributed by atoms with Gasteiger partial charge in [-0.1, -0.05) is 17.3 Å². The maximum atomic E-state index is 13.2. The van der Waals surface area contributed by atoms with Gasteiger partial charge in [0, 0.05) is 18.2 Å². The highest BCUT2D eigenvalue weighted by Crippen LogP contribution is 2.21. The summed E-state index contributed by atoms with van der Waals surface area (Å²) in [6.45, 7) is 2.42. The van der Waals surface area contributed by atoms with Gasteiger partial charge in [0.05, 0.1) is 11.4 Å². The predicted molar refractivity (Wildman–Crippen MR) is 114 cm³/mol. The van der Waals surface area contributed by atoms with Crippen molar-refractivity contribution in [3.8, 4) is 5.69 Å². The third kappa shape index (κ3) is 4.96. The molecule has 3 aromatic rings. The van der Waals surface area contributed by atoms with Crippen molar-refractivity contribution < 1.29 is 14.0 Å². The first kappa shape index (κ1) is 20.7. The molecule has 1 aliphatic rings. The van der Waals surface area contributed by atoms with E-state index in [1.54, 1.807) is 41.1 Å². The SMILES string of the molecule is CCNC(=O)c1ccc(-n2nnc(C(=O)NC3CC3)c2CCc2ccc(F)cc2)cc1. The number of carbonyl (C=O) groups is 2. The lowest BCUT2D eigenvalue weighted by atomic mass is 10.1. The molecule has 1 fully saturated rings. The van der Waals surface area contributed by atoms with Crippen LogP contribution in [0, 0.1) is 5.82 Å².